The quantitative estimate of drug-likeness (QED) is 0.485. The zero-order chi connectivity index (χ0) is 5.28. The molecule has 2 atom stereocenters. The van der Waals surface area contributed by atoms with Crippen LogP contribution in [0.15, 0.2) is 0 Å². The van der Waals surface area contributed by atoms with Gasteiger partial charge in [-0.1, -0.05) is 0 Å². The van der Waals surface area contributed by atoms with Crippen molar-refractivity contribution in [3.63, 3.8) is 0 Å². The molecule has 1 fully saturated rings. The van der Waals surface area contributed by atoms with Gasteiger partial charge in [0.05, 0.1) is 0 Å². The fourth-order valence-corrected chi connectivity index (χ4v) is 1.16. The van der Waals surface area contributed by atoms with E-state index in [0.717, 1.165) is 0 Å². The third kappa shape index (κ3) is 0.916. The van der Waals surface area contributed by atoms with E-state index in [1.165, 1.54) is 12.8 Å². The molecular formula is C5H10OS. The fraction of sp³-hybridized carbons (Fsp3) is 1.00. The van der Waals surface area contributed by atoms with E-state index in [-0.39, 0.29) is 0 Å². The monoisotopic (exact) mass is 118 g/mol. The number of rotatable bonds is 1. The van der Waals surface area contributed by atoms with Crippen molar-refractivity contribution in [1.82, 2.24) is 0 Å². The third-order valence-electron chi connectivity index (χ3n) is 1.61. The highest BCUT2D eigenvalue weighted by atomic mass is 32.1. The zero-order valence-electron chi connectivity index (χ0n) is 4.17. The van der Waals surface area contributed by atoms with Crippen molar-refractivity contribution in [3.05, 3.63) is 0 Å². The lowest BCUT2D eigenvalue weighted by atomic mass is 9.85. The van der Waals surface area contributed by atoms with Crippen LogP contribution < -0.4 is 0 Å². The van der Waals surface area contributed by atoms with Crippen LogP contribution in [0.4, 0.5) is 0 Å². The molecule has 1 nitrogen and oxygen atoms in total. The first-order valence-electron chi connectivity index (χ1n) is 2.63. The molecule has 7 heavy (non-hydrogen) atoms. The Morgan fingerprint density at radius 1 is 1.57 bits per heavy atom. The molecule has 1 saturated carbocycles. The fourth-order valence-electron chi connectivity index (χ4n) is 0.764. The van der Waals surface area contributed by atoms with Gasteiger partial charge in [0.2, 0.25) is 0 Å². The second-order valence-electron chi connectivity index (χ2n) is 2.09. The Morgan fingerprint density at radius 2 is 2.29 bits per heavy atom. The van der Waals surface area contributed by atoms with E-state index in [1.807, 2.05) is 0 Å². The van der Waals surface area contributed by atoms with Gasteiger partial charge >= 0.3 is 0 Å². The third-order valence-corrected chi connectivity index (χ3v) is 2.29. The van der Waals surface area contributed by atoms with Crippen LogP contribution in [0.25, 0.3) is 0 Å². The molecule has 0 amide bonds. The Kier molecular flexibility index (Phi) is 1.60. The number of thiol groups is 1. The van der Waals surface area contributed by atoms with Crippen molar-refractivity contribution in [2.24, 2.45) is 5.92 Å². The summed E-state index contributed by atoms with van der Waals surface area (Å²) in [5.41, 5.74) is 0. The summed E-state index contributed by atoms with van der Waals surface area (Å²) in [5, 5.41) is 9.00. The summed E-state index contributed by atoms with van der Waals surface area (Å²) in [6, 6.07) is 0. The van der Waals surface area contributed by atoms with Crippen molar-refractivity contribution in [1.29, 1.82) is 0 Å². The normalized spacial score (nSPS) is 40.3. The average molecular weight is 118 g/mol. The van der Waals surface area contributed by atoms with Gasteiger partial charge in [0.15, 0.2) is 0 Å². The summed E-state index contributed by atoms with van der Waals surface area (Å²) in [4.78, 5) is 0. The summed E-state index contributed by atoms with van der Waals surface area (Å²) in [5.74, 6) is 0.503. The molecule has 42 valence electrons. The standard InChI is InChI=1S/C5H10OS/c6-3-4-1-2-5(4)7/h4-7H,1-3H2/t4-,5+/m0/s1. The van der Waals surface area contributed by atoms with Crippen LogP contribution in [-0.4, -0.2) is 17.0 Å². The number of aliphatic hydroxyl groups excluding tert-OH is 1. The smallest absolute Gasteiger partial charge is 0.0469 e. The van der Waals surface area contributed by atoms with Crippen molar-refractivity contribution in [2.75, 3.05) is 6.61 Å². The maximum atomic E-state index is 8.51. The zero-order valence-corrected chi connectivity index (χ0v) is 5.06. The second-order valence-corrected chi connectivity index (χ2v) is 2.75. The van der Waals surface area contributed by atoms with Crippen LogP contribution in [0, 0.1) is 5.92 Å². The summed E-state index contributed by atoms with van der Waals surface area (Å²) in [6.07, 6.45) is 2.36. The molecule has 0 bridgehead atoms. The van der Waals surface area contributed by atoms with E-state index >= 15 is 0 Å². The minimum atomic E-state index is 0.328. The SMILES string of the molecule is OC[C@@H]1CC[C@H]1S. The minimum Gasteiger partial charge on any atom is -0.396 e. The van der Waals surface area contributed by atoms with E-state index in [4.69, 9.17) is 5.11 Å². The Bertz CT molecular complexity index is 63.1. The van der Waals surface area contributed by atoms with Crippen LogP contribution in [0.3, 0.4) is 0 Å². The van der Waals surface area contributed by atoms with Crippen LogP contribution in [0.1, 0.15) is 12.8 Å². The Labute approximate surface area is 49.1 Å². The first-order valence-corrected chi connectivity index (χ1v) is 3.15. The van der Waals surface area contributed by atoms with Gasteiger partial charge in [-0.3, -0.25) is 0 Å². The number of aliphatic hydroxyl groups is 1. The Hall–Kier alpha value is 0.310. The maximum absolute atomic E-state index is 8.51. The van der Waals surface area contributed by atoms with E-state index < -0.39 is 0 Å². The Balaban J connectivity index is 2.16. The van der Waals surface area contributed by atoms with Crippen molar-refractivity contribution in [2.45, 2.75) is 18.1 Å². The lowest BCUT2D eigenvalue weighted by Crippen LogP contribution is -2.29. The molecule has 0 aromatic rings. The molecule has 1 aliphatic rings. The lowest BCUT2D eigenvalue weighted by molar-refractivity contribution is 0.171. The molecule has 2 heteroatoms. The number of hydrogen-bond donors (Lipinski definition) is 2. The molecule has 0 aromatic carbocycles. The topological polar surface area (TPSA) is 20.2 Å². The molecule has 0 heterocycles. The van der Waals surface area contributed by atoms with Crippen molar-refractivity contribution >= 4 is 12.6 Å². The average Bonchev–Trinajstić information content (AvgIpc) is 1.65. The van der Waals surface area contributed by atoms with E-state index in [0.29, 0.717) is 17.8 Å². The van der Waals surface area contributed by atoms with Gasteiger partial charge in [-0.15, -0.1) is 0 Å². The molecule has 0 spiro atoms. The highest BCUT2D eigenvalue weighted by Gasteiger charge is 2.26. The predicted molar refractivity (Wildman–Crippen MR) is 32.6 cm³/mol. The van der Waals surface area contributed by atoms with Gasteiger partial charge < -0.3 is 5.11 Å². The summed E-state index contributed by atoms with van der Waals surface area (Å²) in [6.45, 7) is 0.328. The summed E-state index contributed by atoms with van der Waals surface area (Å²) < 4.78 is 0. The van der Waals surface area contributed by atoms with Crippen molar-refractivity contribution < 1.29 is 5.11 Å². The molecule has 1 N–H and O–H groups in total. The van der Waals surface area contributed by atoms with Crippen LogP contribution >= 0.6 is 12.6 Å². The minimum absolute atomic E-state index is 0.328. The van der Waals surface area contributed by atoms with Gasteiger partial charge in [-0.05, 0) is 18.8 Å². The van der Waals surface area contributed by atoms with Crippen molar-refractivity contribution in [3.8, 4) is 0 Å². The molecule has 1 rings (SSSR count). The molecule has 0 saturated heterocycles. The molecule has 0 aromatic heterocycles. The molecule has 0 radical (unpaired) electrons. The van der Waals surface area contributed by atoms with E-state index in [1.54, 1.807) is 0 Å². The van der Waals surface area contributed by atoms with Gasteiger partial charge in [0.25, 0.3) is 0 Å². The van der Waals surface area contributed by atoms with Crippen LogP contribution in [0.2, 0.25) is 0 Å². The maximum Gasteiger partial charge on any atom is 0.0469 e. The van der Waals surface area contributed by atoms with E-state index in [9.17, 15) is 0 Å². The first-order chi connectivity index (χ1) is 3.34. The predicted octanol–water partition coefficient (Wildman–Crippen LogP) is 0.687. The molecular weight excluding hydrogens is 108 g/mol. The van der Waals surface area contributed by atoms with Gasteiger partial charge in [0, 0.05) is 11.9 Å². The largest absolute Gasteiger partial charge is 0.396 e. The van der Waals surface area contributed by atoms with Crippen LogP contribution in [0.5, 0.6) is 0 Å². The molecule has 0 aliphatic heterocycles. The van der Waals surface area contributed by atoms with Gasteiger partial charge in [0.1, 0.15) is 0 Å². The summed E-state index contributed by atoms with van der Waals surface area (Å²) >= 11 is 4.20. The van der Waals surface area contributed by atoms with Gasteiger partial charge in [-0.2, -0.15) is 12.6 Å². The highest BCUT2D eigenvalue weighted by Crippen LogP contribution is 2.30. The molecule has 0 unspecified atom stereocenters. The van der Waals surface area contributed by atoms with Crippen LogP contribution in [-0.2, 0) is 0 Å². The van der Waals surface area contributed by atoms with Gasteiger partial charge in [-0.25, -0.2) is 0 Å². The first kappa shape index (κ1) is 5.45. The second kappa shape index (κ2) is 2.05. The highest BCUT2D eigenvalue weighted by molar-refractivity contribution is 7.81. The lowest BCUT2D eigenvalue weighted by Gasteiger charge is -2.30. The summed E-state index contributed by atoms with van der Waals surface area (Å²) in [7, 11) is 0. The molecule has 1 aliphatic carbocycles. The number of hydrogen-bond acceptors (Lipinski definition) is 2. The Morgan fingerprint density at radius 3 is 2.29 bits per heavy atom. The van der Waals surface area contributed by atoms with E-state index in [2.05, 4.69) is 12.6 Å².